The lowest BCUT2D eigenvalue weighted by molar-refractivity contribution is -0.151. The first-order valence-electron chi connectivity index (χ1n) is 8.65. The maximum Gasteiger partial charge on any atom is 0.310 e. The minimum absolute atomic E-state index is 0.114. The zero-order valence-corrected chi connectivity index (χ0v) is 13.3. The van der Waals surface area contributed by atoms with Gasteiger partial charge in [0.2, 0.25) is 5.91 Å². The fraction of sp³-hybridized carbons (Fsp3) is 0.882. The SMILES string of the molecule is CCOC(=O)[C@H]1CCCN(C(=O)CCC2CCCCC2)C1. The molecule has 1 atom stereocenters. The van der Waals surface area contributed by atoms with Crippen LogP contribution in [0.5, 0.6) is 0 Å². The standard InChI is InChI=1S/C17H29NO3/c1-2-21-17(20)15-9-6-12-18(13-15)16(19)11-10-14-7-4-3-5-8-14/h14-15H,2-13H2,1H3/t15-/m0/s1. The first-order chi connectivity index (χ1) is 10.2. The van der Waals surface area contributed by atoms with E-state index in [0.29, 0.717) is 19.6 Å². The van der Waals surface area contributed by atoms with Crippen molar-refractivity contribution in [1.82, 2.24) is 4.90 Å². The summed E-state index contributed by atoms with van der Waals surface area (Å²) in [6, 6.07) is 0. The summed E-state index contributed by atoms with van der Waals surface area (Å²) in [7, 11) is 0. The third kappa shape index (κ3) is 5.01. The summed E-state index contributed by atoms with van der Waals surface area (Å²) in [4.78, 5) is 26.0. The average molecular weight is 295 g/mol. The summed E-state index contributed by atoms with van der Waals surface area (Å²) in [5.41, 5.74) is 0. The molecule has 2 rings (SSSR count). The highest BCUT2D eigenvalue weighted by molar-refractivity contribution is 5.78. The van der Waals surface area contributed by atoms with Crippen LogP contribution < -0.4 is 0 Å². The Balaban J connectivity index is 1.74. The van der Waals surface area contributed by atoms with Gasteiger partial charge in [0, 0.05) is 19.5 Å². The van der Waals surface area contributed by atoms with Crippen molar-refractivity contribution in [2.75, 3.05) is 19.7 Å². The molecule has 4 heteroatoms. The number of hydrogen-bond donors (Lipinski definition) is 0. The van der Waals surface area contributed by atoms with Crippen LogP contribution in [-0.2, 0) is 14.3 Å². The Morgan fingerprint density at radius 3 is 2.57 bits per heavy atom. The molecule has 2 aliphatic rings. The van der Waals surface area contributed by atoms with Crippen molar-refractivity contribution >= 4 is 11.9 Å². The van der Waals surface area contributed by atoms with Gasteiger partial charge in [-0.3, -0.25) is 9.59 Å². The molecule has 1 saturated carbocycles. The highest BCUT2D eigenvalue weighted by Crippen LogP contribution is 2.28. The number of rotatable bonds is 5. The molecule has 0 aromatic carbocycles. The molecule has 1 saturated heterocycles. The number of hydrogen-bond acceptors (Lipinski definition) is 3. The van der Waals surface area contributed by atoms with Crippen LogP contribution in [0.1, 0.15) is 64.7 Å². The quantitative estimate of drug-likeness (QED) is 0.732. The van der Waals surface area contributed by atoms with Crippen LogP contribution in [0.25, 0.3) is 0 Å². The lowest BCUT2D eigenvalue weighted by Gasteiger charge is -2.32. The second kappa shape index (κ2) is 8.40. The molecular formula is C17H29NO3. The molecule has 120 valence electrons. The molecule has 0 radical (unpaired) electrons. The monoisotopic (exact) mass is 295 g/mol. The van der Waals surface area contributed by atoms with Gasteiger partial charge in [0.15, 0.2) is 0 Å². The van der Waals surface area contributed by atoms with E-state index in [1.807, 2.05) is 11.8 Å². The lowest BCUT2D eigenvalue weighted by Crippen LogP contribution is -2.42. The molecule has 0 unspecified atom stereocenters. The van der Waals surface area contributed by atoms with Crippen molar-refractivity contribution in [3.8, 4) is 0 Å². The van der Waals surface area contributed by atoms with Gasteiger partial charge in [0.1, 0.15) is 0 Å². The highest BCUT2D eigenvalue weighted by atomic mass is 16.5. The van der Waals surface area contributed by atoms with Crippen LogP contribution in [0.4, 0.5) is 0 Å². The molecule has 0 N–H and O–H groups in total. The van der Waals surface area contributed by atoms with E-state index in [9.17, 15) is 9.59 Å². The highest BCUT2D eigenvalue weighted by Gasteiger charge is 2.29. The van der Waals surface area contributed by atoms with E-state index in [1.54, 1.807) is 0 Å². The molecule has 2 fully saturated rings. The van der Waals surface area contributed by atoms with Crippen molar-refractivity contribution in [2.45, 2.75) is 64.7 Å². The van der Waals surface area contributed by atoms with E-state index in [1.165, 1.54) is 32.1 Å². The van der Waals surface area contributed by atoms with Crippen molar-refractivity contribution < 1.29 is 14.3 Å². The smallest absolute Gasteiger partial charge is 0.310 e. The van der Waals surface area contributed by atoms with Gasteiger partial charge in [-0.25, -0.2) is 0 Å². The molecule has 1 aliphatic carbocycles. The number of ether oxygens (including phenoxy) is 1. The summed E-state index contributed by atoms with van der Waals surface area (Å²) < 4.78 is 5.09. The number of likely N-dealkylation sites (tertiary alicyclic amines) is 1. The fourth-order valence-electron chi connectivity index (χ4n) is 3.62. The summed E-state index contributed by atoms with van der Waals surface area (Å²) in [5.74, 6) is 0.725. The molecule has 0 aromatic heterocycles. The van der Waals surface area contributed by atoms with E-state index in [0.717, 1.165) is 31.7 Å². The Labute approximate surface area is 128 Å². The first kappa shape index (κ1) is 16.3. The first-order valence-corrected chi connectivity index (χ1v) is 8.65. The summed E-state index contributed by atoms with van der Waals surface area (Å²) in [6.07, 6.45) is 10.0. The zero-order valence-electron chi connectivity index (χ0n) is 13.3. The van der Waals surface area contributed by atoms with Crippen molar-refractivity contribution in [2.24, 2.45) is 11.8 Å². The molecule has 1 aliphatic heterocycles. The Morgan fingerprint density at radius 1 is 1.10 bits per heavy atom. The van der Waals surface area contributed by atoms with Crippen LogP contribution in [0.3, 0.4) is 0 Å². The molecule has 21 heavy (non-hydrogen) atoms. The van der Waals surface area contributed by atoms with Gasteiger partial charge in [-0.2, -0.15) is 0 Å². The summed E-state index contributed by atoms with van der Waals surface area (Å²) in [5, 5.41) is 0. The molecule has 1 amide bonds. The minimum atomic E-state index is -0.137. The molecule has 4 nitrogen and oxygen atoms in total. The molecular weight excluding hydrogens is 266 g/mol. The van der Waals surface area contributed by atoms with Crippen LogP contribution in [-0.4, -0.2) is 36.5 Å². The summed E-state index contributed by atoms with van der Waals surface area (Å²) >= 11 is 0. The predicted molar refractivity (Wildman–Crippen MR) is 81.7 cm³/mol. The van der Waals surface area contributed by atoms with Crippen LogP contribution >= 0.6 is 0 Å². The van der Waals surface area contributed by atoms with E-state index in [2.05, 4.69) is 0 Å². The maximum atomic E-state index is 12.3. The molecule has 0 aromatic rings. The van der Waals surface area contributed by atoms with Gasteiger partial charge in [-0.15, -0.1) is 0 Å². The van der Waals surface area contributed by atoms with Crippen LogP contribution in [0.2, 0.25) is 0 Å². The van der Waals surface area contributed by atoms with Crippen molar-refractivity contribution in [1.29, 1.82) is 0 Å². The lowest BCUT2D eigenvalue weighted by atomic mass is 9.86. The number of carbonyl (C=O) groups excluding carboxylic acids is 2. The molecule has 0 bridgehead atoms. The topological polar surface area (TPSA) is 46.6 Å². The van der Waals surface area contributed by atoms with E-state index >= 15 is 0 Å². The van der Waals surface area contributed by atoms with E-state index in [4.69, 9.17) is 4.74 Å². The van der Waals surface area contributed by atoms with Gasteiger partial charge < -0.3 is 9.64 Å². The fourth-order valence-corrected chi connectivity index (χ4v) is 3.62. The van der Waals surface area contributed by atoms with Gasteiger partial charge in [0.25, 0.3) is 0 Å². The normalized spacial score (nSPS) is 23.9. The maximum absolute atomic E-state index is 12.3. The number of amides is 1. The predicted octanol–water partition coefficient (Wildman–Crippen LogP) is 3.15. The number of nitrogens with zero attached hydrogens (tertiary/aromatic N) is 1. The number of piperidine rings is 1. The number of carbonyl (C=O) groups is 2. The third-order valence-corrected chi connectivity index (χ3v) is 4.89. The second-order valence-corrected chi connectivity index (χ2v) is 6.47. The van der Waals surface area contributed by atoms with E-state index in [-0.39, 0.29) is 17.8 Å². The summed E-state index contributed by atoms with van der Waals surface area (Å²) in [6.45, 7) is 3.61. The third-order valence-electron chi connectivity index (χ3n) is 4.89. The number of esters is 1. The van der Waals surface area contributed by atoms with Gasteiger partial charge in [0.05, 0.1) is 12.5 Å². The molecule has 0 spiro atoms. The van der Waals surface area contributed by atoms with Crippen LogP contribution in [0, 0.1) is 11.8 Å². The van der Waals surface area contributed by atoms with Crippen LogP contribution in [0.15, 0.2) is 0 Å². The van der Waals surface area contributed by atoms with Crippen molar-refractivity contribution in [3.63, 3.8) is 0 Å². The van der Waals surface area contributed by atoms with Gasteiger partial charge in [-0.1, -0.05) is 32.1 Å². The Bertz CT molecular complexity index is 350. The van der Waals surface area contributed by atoms with Gasteiger partial charge >= 0.3 is 5.97 Å². The molecule has 1 heterocycles. The van der Waals surface area contributed by atoms with Gasteiger partial charge in [-0.05, 0) is 32.1 Å². The van der Waals surface area contributed by atoms with E-state index < -0.39 is 0 Å². The Hall–Kier alpha value is -1.06. The zero-order chi connectivity index (χ0) is 15.1. The Kier molecular flexibility index (Phi) is 6.52. The second-order valence-electron chi connectivity index (χ2n) is 6.47. The average Bonchev–Trinajstić information content (AvgIpc) is 2.54. The van der Waals surface area contributed by atoms with Crippen molar-refractivity contribution in [3.05, 3.63) is 0 Å². The minimum Gasteiger partial charge on any atom is -0.466 e. The Morgan fingerprint density at radius 2 is 1.86 bits per heavy atom. The largest absolute Gasteiger partial charge is 0.466 e.